The Bertz CT molecular complexity index is 333. The number of nitrogens with one attached hydrogen (secondary N) is 1. The van der Waals surface area contributed by atoms with Gasteiger partial charge in [-0.2, -0.15) is 0 Å². The number of ether oxygens (including phenoxy) is 1. The Kier molecular flexibility index (Phi) is 5.72. The molecule has 0 aromatic heterocycles. The molecule has 5 heteroatoms. The van der Waals surface area contributed by atoms with Gasteiger partial charge in [0, 0.05) is 5.56 Å². The predicted octanol–water partition coefficient (Wildman–Crippen LogP) is 3.37. The first-order valence-electron chi connectivity index (χ1n) is 3.82. The lowest BCUT2D eigenvalue weighted by molar-refractivity contribution is 0.325. The van der Waals surface area contributed by atoms with E-state index in [1.54, 1.807) is 19.1 Å². The van der Waals surface area contributed by atoms with Crippen LogP contribution in [0.2, 0.25) is 0 Å². The molecule has 0 aliphatic rings. The summed E-state index contributed by atoms with van der Waals surface area (Å²) < 4.78 is 18.3. The highest BCUT2D eigenvalue weighted by Crippen LogP contribution is 2.16. The first-order valence-corrected chi connectivity index (χ1v) is 4.61. The van der Waals surface area contributed by atoms with Crippen molar-refractivity contribution in [1.29, 1.82) is 5.41 Å². The summed E-state index contributed by atoms with van der Waals surface area (Å²) in [7, 11) is 0. The molecule has 0 aliphatic heterocycles. The molecule has 14 heavy (non-hydrogen) atoms. The van der Waals surface area contributed by atoms with Crippen molar-refractivity contribution in [2.45, 2.75) is 6.92 Å². The van der Waals surface area contributed by atoms with Crippen molar-refractivity contribution < 1.29 is 9.13 Å². The molecule has 1 aromatic carbocycles. The van der Waals surface area contributed by atoms with Crippen molar-refractivity contribution in [2.75, 3.05) is 6.61 Å². The molecule has 0 fully saturated rings. The predicted molar refractivity (Wildman–Crippen MR) is 59.8 cm³/mol. The highest BCUT2D eigenvalue weighted by molar-refractivity contribution is 9.10. The van der Waals surface area contributed by atoms with Gasteiger partial charge in [-0.15, -0.1) is 12.4 Å². The fourth-order valence-corrected chi connectivity index (χ4v) is 1.11. The van der Waals surface area contributed by atoms with Crippen LogP contribution in [0.25, 0.3) is 0 Å². The first kappa shape index (κ1) is 13.4. The molecular formula is C9H10BrClFNO. The van der Waals surface area contributed by atoms with Crippen molar-refractivity contribution in [3.05, 3.63) is 34.1 Å². The van der Waals surface area contributed by atoms with Gasteiger partial charge in [0.2, 0.25) is 5.90 Å². The summed E-state index contributed by atoms with van der Waals surface area (Å²) in [6.45, 7) is 2.19. The zero-order chi connectivity index (χ0) is 9.84. The van der Waals surface area contributed by atoms with Gasteiger partial charge in [-0.1, -0.05) is 0 Å². The lowest BCUT2D eigenvalue weighted by Gasteiger charge is -2.04. The fourth-order valence-electron chi connectivity index (χ4n) is 0.865. The molecule has 0 amide bonds. The zero-order valence-corrected chi connectivity index (χ0v) is 9.91. The summed E-state index contributed by atoms with van der Waals surface area (Å²) >= 11 is 3.03. The fraction of sp³-hybridized carbons (Fsp3) is 0.222. The van der Waals surface area contributed by atoms with Crippen LogP contribution >= 0.6 is 28.3 Å². The second-order valence-electron chi connectivity index (χ2n) is 2.39. The zero-order valence-electron chi connectivity index (χ0n) is 7.51. The van der Waals surface area contributed by atoms with Gasteiger partial charge in [0.05, 0.1) is 11.1 Å². The van der Waals surface area contributed by atoms with E-state index in [9.17, 15) is 4.39 Å². The molecule has 2 nitrogen and oxygen atoms in total. The monoisotopic (exact) mass is 281 g/mol. The molecule has 78 valence electrons. The number of hydrogen-bond acceptors (Lipinski definition) is 2. The van der Waals surface area contributed by atoms with E-state index in [2.05, 4.69) is 15.9 Å². The quantitative estimate of drug-likeness (QED) is 0.655. The molecule has 1 aromatic rings. The Morgan fingerprint density at radius 2 is 2.21 bits per heavy atom. The highest BCUT2D eigenvalue weighted by atomic mass is 79.9. The molecule has 0 radical (unpaired) electrons. The SMILES string of the molecule is CCOC(=N)c1ccc(Br)c(F)c1.Cl. The lowest BCUT2D eigenvalue weighted by atomic mass is 10.2. The molecule has 0 saturated heterocycles. The maximum atomic E-state index is 13.0. The number of halogens is 3. The number of rotatable bonds is 2. The summed E-state index contributed by atoms with van der Waals surface area (Å²) in [5.41, 5.74) is 0.447. The Morgan fingerprint density at radius 3 is 2.71 bits per heavy atom. The van der Waals surface area contributed by atoms with Crippen LogP contribution < -0.4 is 0 Å². The van der Waals surface area contributed by atoms with Crippen molar-refractivity contribution in [2.24, 2.45) is 0 Å². The van der Waals surface area contributed by atoms with Crippen LogP contribution in [0.5, 0.6) is 0 Å². The summed E-state index contributed by atoms with van der Waals surface area (Å²) in [6.07, 6.45) is 0. The number of benzene rings is 1. The molecule has 0 heterocycles. The summed E-state index contributed by atoms with van der Waals surface area (Å²) in [6, 6.07) is 4.45. The average Bonchev–Trinajstić information content (AvgIpc) is 2.10. The van der Waals surface area contributed by atoms with Crippen LogP contribution in [0.4, 0.5) is 4.39 Å². The van der Waals surface area contributed by atoms with E-state index in [4.69, 9.17) is 10.1 Å². The minimum absolute atomic E-state index is 0. The van der Waals surface area contributed by atoms with Gasteiger partial charge >= 0.3 is 0 Å². The smallest absolute Gasteiger partial charge is 0.213 e. The maximum Gasteiger partial charge on any atom is 0.213 e. The van der Waals surface area contributed by atoms with Crippen LogP contribution in [-0.4, -0.2) is 12.5 Å². The molecule has 0 atom stereocenters. The van der Waals surface area contributed by atoms with Gasteiger partial charge in [0.1, 0.15) is 5.82 Å². The molecule has 0 saturated carbocycles. The van der Waals surface area contributed by atoms with Crippen LogP contribution in [0.15, 0.2) is 22.7 Å². The van der Waals surface area contributed by atoms with Crippen LogP contribution in [0, 0.1) is 11.2 Å². The van der Waals surface area contributed by atoms with Crippen molar-refractivity contribution in [3.8, 4) is 0 Å². The van der Waals surface area contributed by atoms with Crippen LogP contribution in [0.1, 0.15) is 12.5 Å². The van der Waals surface area contributed by atoms with E-state index in [1.165, 1.54) is 6.07 Å². The topological polar surface area (TPSA) is 33.1 Å². The van der Waals surface area contributed by atoms with Crippen LogP contribution in [-0.2, 0) is 4.74 Å². The van der Waals surface area contributed by atoms with E-state index in [0.29, 0.717) is 16.6 Å². The van der Waals surface area contributed by atoms with Crippen molar-refractivity contribution in [1.82, 2.24) is 0 Å². The maximum absolute atomic E-state index is 13.0. The van der Waals surface area contributed by atoms with Gasteiger partial charge in [-0.3, -0.25) is 5.41 Å². The number of hydrogen-bond donors (Lipinski definition) is 1. The Balaban J connectivity index is 0.00000169. The van der Waals surface area contributed by atoms with Crippen LogP contribution in [0.3, 0.4) is 0 Å². The molecular weight excluding hydrogens is 272 g/mol. The summed E-state index contributed by atoms with van der Waals surface area (Å²) in [5, 5.41) is 7.39. The van der Waals surface area contributed by atoms with E-state index in [-0.39, 0.29) is 24.1 Å². The third-order valence-corrected chi connectivity index (χ3v) is 2.11. The van der Waals surface area contributed by atoms with E-state index in [1.807, 2.05) is 0 Å². The van der Waals surface area contributed by atoms with Gasteiger partial charge < -0.3 is 4.74 Å². The highest BCUT2D eigenvalue weighted by Gasteiger charge is 2.05. The largest absolute Gasteiger partial charge is 0.478 e. The summed E-state index contributed by atoms with van der Waals surface area (Å²) in [5.74, 6) is -0.393. The molecule has 0 bridgehead atoms. The van der Waals surface area contributed by atoms with Gasteiger partial charge in [-0.25, -0.2) is 4.39 Å². The standard InChI is InChI=1S/C9H9BrFNO.ClH/c1-2-13-9(12)6-3-4-7(10)8(11)5-6;/h3-5,12H,2H2,1H3;1H. The molecule has 0 unspecified atom stereocenters. The van der Waals surface area contributed by atoms with Gasteiger partial charge in [0.15, 0.2) is 0 Å². The second-order valence-corrected chi connectivity index (χ2v) is 3.25. The van der Waals surface area contributed by atoms with E-state index < -0.39 is 0 Å². The Morgan fingerprint density at radius 1 is 1.57 bits per heavy atom. The third-order valence-electron chi connectivity index (χ3n) is 1.47. The van der Waals surface area contributed by atoms with E-state index in [0.717, 1.165) is 0 Å². The minimum Gasteiger partial charge on any atom is -0.478 e. The Labute approximate surface area is 96.5 Å². The molecule has 1 N–H and O–H groups in total. The summed E-state index contributed by atoms with van der Waals surface area (Å²) in [4.78, 5) is 0. The van der Waals surface area contributed by atoms with E-state index >= 15 is 0 Å². The average molecular weight is 283 g/mol. The van der Waals surface area contributed by atoms with Gasteiger partial charge in [-0.05, 0) is 41.1 Å². The van der Waals surface area contributed by atoms with Crippen molar-refractivity contribution >= 4 is 34.2 Å². The normalized spacial score (nSPS) is 9.07. The minimum atomic E-state index is -0.387. The van der Waals surface area contributed by atoms with Crippen molar-refractivity contribution in [3.63, 3.8) is 0 Å². The molecule has 0 spiro atoms. The third kappa shape index (κ3) is 3.27. The second kappa shape index (κ2) is 5.98. The lowest BCUT2D eigenvalue weighted by Crippen LogP contribution is -2.04. The Hall–Kier alpha value is -0.610. The first-order chi connectivity index (χ1) is 6.15. The molecule has 1 rings (SSSR count). The molecule has 0 aliphatic carbocycles. The van der Waals surface area contributed by atoms with Gasteiger partial charge in [0.25, 0.3) is 0 Å².